The van der Waals surface area contributed by atoms with Crippen molar-refractivity contribution in [3.8, 4) is 5.75 Å². The lowest BCUT2D eigenvalue weighted by atomic mass is 10.1. The van der Waals surface area contributed by atoms with Crippen molar-refractivity contribution >= 4 is 26.9 Å². The molecule has 0 aliphatic heterocycles. The van der Waals surface area contributed by atoms with Gasteiger partial charge in [-0.25, -0.2) is 0 Å². The third-order valence-corrected chi connectivity index (χ3v) is 3.78. The van der Waals surface area contributed by atoms with Crippen molar-refractivity contribution < 1.29 is 9.15 Å². The van der Waals surface area contributed by atoms with Crippen molar-refractivity contribution in [1.82, 2.24) is 5.32 Å². The topological polar surface area (TPSA) is 34.4 Å². The lowest BCUT2D eigenvalue weighted by Gasteiger charge is -2.13. The highest BCUT2D eigenvalue weighted by atomic mass is 79.9. The number of furan rings is 1. The Kier molecular flexibility index (Phi) is 4.88. The van der Waals surface area contributed by atoms with E-state index in [1.165, 1.54) is 0 Å². The molecule has 0 aliphatic carbocycles. The lowest BCUT2D eigenvalue weighted by Crippen LogP contribution is -2.20. The van der Waals surface area contributed by atoms with Crippen molar-refractivity contribution in [2.24, 2.45) is 0 Å². The van der Waals surface area contributed by atoms with Crippen molar-refractivity contribution in [2.45, 2.75) is 32.7 Å². The summed E-state index contributed by atoms with van der Waals surface area (Å²) in [7, 11) is 1.67. The van der Waals surface area contributed by atoms with E-state index in [4.69, 9.17) is 9.15 Å². The molecular weight excluding hydrogens is 306 g/mol. The highest BCUT2D eigenvalue weighted by Gasteiger charge is 2.15. The number of hydrogen-bond acceptors (Lipinski definition) is 3. The first-order valence-corrected chi connectivity index (χ1v) is 7.49. The van der Waals surface area contributed by atoms with Crippen LogP contribution in [-0.2, 0) is 0 Å². The van der Waals surface area contributed by atoms with E-state index < -0.39 is 0 Å². The first-order chi connectivity index (χ1) is 9.19. The monoisotopic (exact) mass is 325 g/mol. The summed E-state index contributed by atoms with van der Waals surface area (Å²) in [6.45, 7) is 5.33. The highest BCUT2D eigenvalue weighted by Crippen LogP contribution is 2.34. The molecule has 0 radical (unpaired) electrons. The predicted molar refractivity (Wildman–Crippen MR) is 81.8 cm³/mol. The molecule has 1 heterocycles. The van der Waals surface area contributed by atoms with Crippen LogP contribution in [0.25, 0.3) is 11.0 Å². The fraction of sp³-hybridized carbons (Fsp3) is 0.467. The Bertz CT molecular complexity index is 550. The van der Waals surface area contributed by atoms with E-state index in [1.807, 2.05) is 12.1 Å². The summed E-state index contributed by atoms with van der Waals surface area (Å²) in [6, 6.07) is 6.29. The average molecular weight is 326 g/mol. The second-order valence-electron chi connectivity index (χ2n) is 4.59. The smallest absolute Gasteiger partial charge is 0.148 e. The minimum absolute atomic E-state index is 0.269. The van der Waals surface area contributed by atoms with Crippen LogP contribution in [0, 0.1) is 0 Å². The maximum absolute atomic E-state index is 5.98. The second kappa shape index (κ2) is 6.44. The van der Waals surface area contributed by atoms with Crippen LogP contribution < -0.4 is 10.1 Å². The quantitative estimate of drug-likeness (QED) is 0.839. The molecule has 3 nitrogen and oxygen atoms in total. The van der Waals surface area contributed by atoms with Crippen LogP contribution in [0.3, 0.4) is 0 Å². The number of nitrogens with one attached hydrogen (secondary N) is 1. The molecule has 0 fully saturated rings. The summed E-state index contributed by atoms with van der Waals surface area (Å²) >= 11 is 3.53. The molecule has 0 aliphatic rings. The SMILES string of the molecule is CCCNC(CC)c1cc2cc(OC)cc(Br)c2o1. The first kappa shape index (κ1) is 14.4. The third-order valence-electron chi connectivity index (χ3n) is 3.19. The van der Waals surface area contributed by atoms with Gasteiger partial charge in [0.2, 0.25) is 0 Å². The Balaban J connectivity index is 2.36. The molecule has 0 bridgehead atoms. The van der Waals surface area contributed by atoms with E-state index in [0.717, 1.165) is 46.3 Å². The summed E-state index contributed by atoms with van der Waals surface area (Å²) < 4.78 is 12.2. The standard InChI is InChI=1S/C15H20BrNO2/c1-4-6-17-13(5-2)14-8-10-7-11(18-3)9-12(16)15(10)19-14/h7-9,13,17H,4-6H2,1-3H3. The van der Waals surface area contributed by atoms with Crippen LogP contribution in [0.2, 0.25) is 0 Å². The first-order valence-electron chi connectivity index (χ1n) is 6.70. The van der Waals surface area contributed by atoms with Crippen LogP contribution in [0.5, 0.6) is 5.75 Å². The van der Waals surface area contributed by atoms with Gasteiger partial charge in [-0.2, -0.15) is 0 Å². The molecule has 0 spiro atoms. The van der Waals surface area contributed by atoms with Gasteiger partial charge in [-0.05, 0) is 53.5 Å². The van der Waals surface area contributed by atoms with E-state index in [0.29, 0.717) is 0 Å². The summed E-state index contributed by atoms with van der Waals surface area (Å²) in [5.41, 5.74) is 0.882. The van der Waals surface area contributed by atoms with Crippen LogP contribution in [0.1, 0.15) is 38.5 Å². The zero-order chi connectivity index (χ0) is 13.8. The fourth-order valence-electron chi connectivity index (χ4n) is 2.16. The van der Waals surface area contributed by atoms with Crippen molar-refractivity contribution in [1.29, 1.82) is 0 Å². The minimum atomic E-state index is 0.269. The van der Waals surface area contributed by atoms with Gasteiger partial charge < -0.3 is 14.5 Å². The van der Waals surface area contributed by atoms with E-state index in [2.05, 4.69) is 41.2 Å². The van der Waals surface area contributed by atoms with E-state index in [-0.39, 0.29) is 6.04 Å². The van der Waals surface area contributed by atoms with Crippen molar-refractivity contribution in [3.05, 3.63) is 28.4 Å². The van der Waals surface area contributed by atoms with Crippen LogP contribution in [0.4, 0.5) is 0 Å². The van der Waals surface area contributed by atoms with Gasteiger partial charge in [0.15, 0.2) is 0 Å². The van der Waals surface area contributed by atoms with Gasteiger partial charge in [0.25, 0.3) is 0 Å². The van der Waals surface area contributed by atoms with E-state index >= 15 is 0 Å². The molecule has 1 aromatic carbocycles. The van der Waals surface area contributed by atoms with Gasteiger partial charge in [0.1, 0.15) is 17.1 Å². The molecule has 2 rings (SSSR count). The summed E-state index contributed by atoms with van der Waals surface area (Å²) in [6.07, 6.45) is 2.13. The van der Waals surface area contributed by atoms with Crippen LogP contribution in [0.15, 0.2) is 27.1 Å². The lowest BCUT2D eigenvalue weighted by molar-refractivity contribution is 0.413. The highest BCUT2D eigenvalue weighted by molar-refractivity contribution is 9.10. The van der Waals surface area contributed by atoms with Gasteiger partial charge in [-0.3, -0.25) is 0 Å². The van der Waals surface area contributed by atoms with Crippen LogP contribution >= 0.6 is 15.9 Å². The number of hydrogen-bond donors (Lipinski definition) is 1. The Morgan fingerprint density at radius 1 is 1.32 bits per heavy atom. The molecule has 1 aromatic heterocycles. The summed E-state index contributed by atoms with van der Waals surface area (Å²) in [4.78, 5) is 0. The second-order valence-corrected chi connectivity index (χ2v) is 5.45. The molecule has 1 N–H and O–H groups in total. The van der Waals surface area contributed by atoms with Gasteiger partial charge >= 0.3 is 0 Å². The number of methoxy groups -OCH3 is 1. The predicted octanol–water partition coefficient (Wildman–Crippen LogP) is 4.65. The van der Waals surface area contributed by atoms with E-state index in [1.54, 1.807) is 7.11 Å². The fourth-order valence-corrected chi connectivity index (χ4v) is 2.69. The van der Waals surface area contributed by atoms with Gasteiger partial charge in [-0.15, -0.1) is 0 Å². The largest absolute Gasteiger partial charge is 0.497 e. The van der Waals surface area contributed by atoms with E-state index in [9.17, 15) is 0 Å². The Labute approximate surface area is 122 Å². The molecule has 1 atom stereocenters. The molecule has 2 aromatic rings. The number of ether oxygens (including phenoxy) is 1. The molecule has 4 heteroatoms. The number of benzene rings is 1. The molecule has 104 valence electrons. The number of fused-ring (bicyclic) bond motifs is 1. The molecular formula is C15H20BrNO2. The average Bonchev–Trinajstić information content (AvgIpc) is 2.84. The summed E-state index contributed by atoms with van der Waals surface area (Å²) in [5.74, 6) is 1.82. The van der Waals surface area contributed by atoms with Gasteiger partial charge in [-0.1, -0.05) is 13.8 Å². The molecule has 19 heavy (non-hydrogen) atoms. The van der Waals surface area contributed by atoms with Gasteiger partial charge in [0, 0.05) is 5.39 Å². The summed E-state index contributed by atoms with van der Waals surface area (Å²) in [5, 5.41) is 4.57. The number of rotatable bonds is 6. The maximum Gasteiger partial charge on any atom is 0.148 e. The zero-order valence-corrected chi connectivity index (χ0v) is 13.2. The Morgan fingerprint density at radius 3 is 2.74 bits per heavy atom. The Hall–Kier alpha value is -1.00. The van der Waals surface area contributed by atoms with Crippen molar-refractivity contribution in [3.63, 3.8) is 0 Å². The molecule has 1 unspecified atom stereocenters. The van der Waals surface area contributed by atoms with Crippen molar-refractivity contribution in [2.75, 3.05) is 13.7 Å². The van der Waals surface area contributed by atoms with Gasteiger partial charge in [0.05, 0.1) is 17.6 Å². The molecule has 0 saturated carbocycles. The maximum atomic E-state index is 5.98. The molecule has 0 amide bonds. The Morgan fingerprint density at radius 2 is 2.11 bits per heavy atom. The minimum Gasteiger partial charge on any atom is -0.497 e. The molecule has 0 saturated heterocycles. The zero-order valence-electron chi connectivity index (χ0n) is 11.6. The van der Waals surface area contributed by atoms with Crippen LogP contribution in [-0.4, -0.2) is 13.7 Å². The normalized spacial score (nSPS) is 12.8. The number of halogens is 1. The third kappa shape index (κ3) is 3.12.